The highest BCUT2D eigenvalue weighted by molar-refractivity contribution is 7.10. The number of aliphatic carboxylic acids is 1. The van der Waals surface area contributed by atoms with E-state index in [0.29, 0.717) is 0 Å². The van der Waals surface area contributed by atoms with Crippen LogP contribution in [0.25, 0.3) is 6.08 Å². The summed E-state index contributed by atoms with van der Waals surface area (Å²) in [5, 5.41) is 10.4. The van der Waals surface area contributed by atoms with Gasteiger partial charge in [-0.05, 0) is 23.1 Å². The third-order valence-electron chi connectivity index (χ3n) is 2.96. The lowest BCUT2D eigenvalue weighted by atomic mass is 10.1. The van der Waals surface area contributed by atoms with Gasteiger partial charge in [0.2, 0.25) is 11.8 Å². The Labute approximate surface area is 114 Å². The maximum absolute atomic E-state index is 11.8. The second kappa shape index (κ2) is 5.36. The van der Waals surface area contributed by atoms with Crippen molar-refractivity contribution in [2.75, 3.05) is 0 Å². The molecule has 1 fully saturated rings. The molecule has 6 heteroatoms. The highest BCUT2D eigenvalue weighted by Gasteiger charge is 2.35. The van der Waals surface area contributed by atoms with Crippen molar-refractivity contribution in [1.29, 1.82) is 0 Å². The van der Waals surface area contributed by atoms with Gasteiger partial charge in [0.1, 0.15) is 0 Å². The summed E-state index contributed by atoms with van der Waals surface area (Å²) in [5.41, 5.74) is 0.729. The van der Waals surface area contributed by atoms with Crippen molar-refractivity contribution in [3.63, 3.8) is 0 Å². The van der Waals surface area contributed by atoms with Gasteiger partial charge in [-0.25, -0.2) is 4.79 Å². The van der Waals surface area contributed by atoms with E-state index in [-0.39, 0.29) is 30.7 Å². The van der Waals surface area contributed by atoms with Crippen molar-refractivity contribution in [3.05, 3.63) is 28.0 Å². The first-order valence-electron chi connectivity index (χ1n) is 5.80. The Bertz CT molecular complexity index is 561. The van der Waals surface area contributed by atoms with Crippen LogP contribution in [-0.4, -0.2) is 27.8 Å². The van der Waals surface area contributed by atoms with E-state index in [1.54, 1.807) is 13.0 Å². The average Bonchev–Trinajstić information content (AvgIpc) is 2.87. The summed E-state index contributed by atoms with van der Waals surface area (Å²) in [6, 6.07) is 1.77. The zero-order valence-corrected chi connectivity index (χ0v) is 11.1. The average molecular weight is 279 g/mol. The summed E-state index contributed by atoms with van der Waals surface area (Å²) in [6.07, 6.45) is 2.77. The molecule has 0 aromatic carbocycles. The standard InChI is InChI=1S/C13H13NO4S/c1-8-6-11(15)14(13(8)18)7-10-9(4-5-19-10)2-3-12(16)17/h2-5,8H,6-7H2,1H3,(H,16,17)/b3-2+. The highest BCUT2D eigenvalue weighted by atomic mass is 32.1. The number of carbonyl (C=O) groups excluding carboxylic acids is 2. The molecule has 0 radical (unpaired) electrons. The summed E-state index contributed by atoms with van der Waals surface area (Å²) >= 11 is 1.40. The van der Waals surface area contributed by atoms with Gasteiger partial charge in [-0.15, -0.1) is 11.3 Å². The number of thiophene rings is 1. The Balaban J connectivity index is 2.16. The highest BCUT2D eigenvalue weighted by Crippen LogP contribution is 2.25. The van der Waals surface area contributed by atoms with E-state index < -0.39 is 5.97 Å². The van der Waals surface area contributed by atoms with Crippen molar-refractivity contribution in [2.24, 2.45) is 5.92 Å². The number of hydrogen-bond donors (Lipinski definition) is 1. The maximum Gasteiger partial charge on any atom is 0.328 e. The van der Waals surface area contributed by atoms with E-state index in [1.807, 2.05) is 5.38 Å². The fourth-order valence-electron chi connectivity index (χ4n) is 1.95. The Hall–Kier alpha value is -1.95. The van der Waals surface area contributed by atoms with Gasteiger partial charge in [0.05, 0.1) is 6.54 Å². The topological polar surface area (TPSA) is 74.7 Å². The number of carboxylic acid groups (broad SMARTS) is 1. The predicted molar refractivity (Wildman–Crippen MR) is 70.3 cm³/mol. The minimum atomic E-state index is -1.03. The van der Waals surface area contributed by atoms with E-state index >= 15 is 0 Å². The number of rotatable bonds is 4. The summed E-state index contributed by atoms with van der Waals surface area (Å²) in [4.78, 5) is 36.1. The number of hydrogen-bond acceptors (Lipinski definition) is 4. The fourth-order valence-corrected chi connectivity index (χ4v) is 2.80. The molecule has 1 aliphatic heterocycles. The van der Waals surface area contributed by atoms with Gasteiger partial charge >= 0.3 is 5.97 Å². The minimum Gasteiger partial charge on any atom is -0.478 e. The molecule has 2 rings (SSSR count). The zero-order valence-electron chi connectivity index (χ0n) is 10.3. The van der Waals surface area contributed by atoms with Crippen molar-refractivity contribution in [2.45, 2.75) is 19.9 Å². The van der Waals surface area contributed by atoms with Gasteiger partial charge in [-0.3, -0.25) is 14.5 Å². The van der Waals surface area contributed by atoms with E-state index in [0.717, 1.165) is 16.5 Å². The number of nitrogens with zero attached hydrogens (tertiary/aromatic N) is 1. The molecule has 1 aromatic heterocycles. The first kappa shape index (κ1) is 13.5. The Morgan fingerprint density at radius 3 is 2.89 bits per heavy atom. The SMILES string of the molecule is CC1CC(=O)N(Cc2sccc2/C=C/C(=O)O)C1=O. The van der Waals surface area contributed by atoms with Gasteiger partial charge < -0.3 is 5.11 Å². The molecule has 0 saturated carbocycles. The molecule has 0 aliphatic carbocycles. The van der Waals surface area contributed by atoms with E-state index in [9.17, 15) is 14.4 Å². The fraction of sp³-hybridized carbons (Fsp3) is 0.308. The van der Waals surface area contributed by atoms with Crippen LogP contribution in [0.1, 0.15) is 23.8 Å². The molecule has 0 bridgehead atoms. The molecule has 2 amide bonds. The molecule has 5 nitrogen and oxygen atoms in total. The van der Waals surface area contributed by atoms with Gasteiger partial charge in [0.25, 0.3) is 0 Å². The van der Waals surface area contributed by atoms with Crippen LogP contribution in [0.5, 0.6) is 0 Å². The monoisotopic (exact) mass is 279 g/mol. The van der Waals surface area contributed by atoms with Crippen LogP contribution in [0.4, 0.5) is 0 Å². The molecule has 100 valence electrons. The lowest BCUT2D eigenvalue weighted by molar-refractivity contribution is -0.140. The van der Waals surface area contributed by atoms with E-state index in [4.69, 9.17) is 5.11 Å². The molecule has 2 heterocycles. The third-order valence-corrected chi connectivity index (χ3v) is 3.88. The van der Waals surface area contributed by atoms with Crippen molar-refractivity contribution < 1.29 is 19.5 Å². The summed E-state index contributed by atoms with van der Waals surface area (Å²) in [5.74, 6) is -1.62. The van der Waals surface area contributed by atoms with Crippen LogP contribution in [0.3, 0.4) is 0 Å². The smallest absolute Gasteiger partial charge is 0.328 e. The van der Waals surface area contributed by atoms with Crippen LogP contribution in [0, 0.1) is 5.92 Å². The Morgan fingerprint density at radius 2 is 2.32 bits per heavy atom. The number of likely N-dealkylation sites (tertiary alicyclic amines) is 1. The van der Waals surface area contributed by atoms with Crippen molar-refractivity contribution >= 4 is 35.2 Å². The molecule has 1 saturated heterocycles. The van der Waals surface area contributed by atoms with Crippen LogP contribution < -0.4 is 0 Å². The van der Waals surface area contributed by atoms with Crippen molar-refractivity contribution in [1.82, 2.24) is 4.90 Å². The molecule has 0 spiro atoms. The van der Waals surface area contributed by atoms with Crippen LogP contribution >= 0.6 is 11.3 Å². The van der Waals surface area contributed by atoms with Gasteiger partial charge in [0, 0.05) is 23.3 Å². The van der Waals surface area contributed by atoms with Gasteiger partial charge in [0.15, 0.2) is 0 Å². The maximum atomic E-state index is 11.8. The number of amides is 2. The molecular formula is C13H13NO4S. The Morgan fingerprint density at radius 1 is 1.58 bits per heavy atom. The summed E-state index contributed by atoms with van der Waals surface area (Å²) in [7, 11) is 0. The first-order chi connectivity index (χ1) is 8.99. The van der Waals surface area contributed by atoms with E-state index in [2.05, 4.69) is 0 Å². The quantitative estimate of drug-likeness (QED) is 0.673. The molecule has 1 aliphatic rings. The molecule has 19 heavy (non-hydrogen) atoms. The molecular weight excluding hydrogens is 266 g/mol. The molecule has 1 N–H and O–H groups in total. The lowest BCUT2D eigenvalue weighted by Gasteiger charge is -2.13. The number of carbonyl (C=O) groups is 3. The second-order valence-electron chi connectivity index (χ2n) is 4.39. The molecule has 1 unspecified atom stereocenters. The first-order valence-corrected chi connectivity index (χ1v) is 6.68. The molecule has 1 aromatic rings. The van der Waals surface area contributed by atoms with Crippen LogP contribution in [-0.2, 0) is 20.9 Å². The number of imide groups is 1. The van der Waals surface area contributed by atoms with Gasteiger partial charge in [-0.1, -0.05) is 6.92 Å². The summed E-state index contributed by atoms with van der Waals surface area (Å²) in [6.45, 7) is 1.96. The van der Waals surface area contributed by atoms with Crippen LogP contribution in [0.2, 0.25) is 0 Å². The second-order valence-corrected chi connectivity index (χ2v) is 5.39. The lowest BCUT2D eigenvalue weighted by Crippen LogP contribution is -2.29. The molecule has 1 atom stereocenters. The van der Waals surface area contributed by atoms with Crippen LogP contribution in [0.15, 0.2) is 17.5 Å². The predicted octanol–water partition coefficient (Wildman–Crippen LogP) is 1.74. The third kappa shape index (κ3) is 2.90. The van der Waals surface area contributed by atoms with E-state index in [1.165, 1.54) is 22.3 Å². The largest absolute Gasteiger partial charge is 0.478 e. The van der Waals surface area contributed by atoms with Gasteiger partial charge in [-0.2, -0.15) is 0 Å². The number of carboxylic acids is 1. The normalized spacial score (nSPS) is 19.6. The zero-order chi connectivity index (χ0) is 14.0. The Kier molecular flexibility index (Phi) is 3.80. The summed E-state index contributed by atoms with van der Waals surface area (Å²) < 4.78 is 0. The minimum absolute atomic E-state index is 0.161. The van der Waals surface area contributed by atoms with Crippen molar-refractivity contribution in [3.8, 4) is 0 Å².